The molecule has 0 atom stereocenters. The molecule has 0 fully saturated rings. The number of aliphatic carboxylic acids is 1. The Bertz CT molecular complexity index is 366. The molecule has 0 saturated heterocycles. The minimum absolute atomic E-state index is 0.141. The van der Waals surface area contributed by atoms with Crippen LogP contribution in [-0.4, -0.2) is 11.1 Å². The molecule has 0 heterocycles. The predicted molar refractivity (Wildman–Crippen MR) is 60.2 cm³/mol. The number of carboxylic acids is 1. The van der Waals surface area contributed by atoms with Crippen LogP contribution < -0.4 is 5.73 Å². The number of benzene rings is 1. The number of hydrogen-bond donors (Lipinski definition) is 2. The summed E-state index contributed by atoms with van der Waals surface area (Å²) in [5, 5.41) is 8.59. The molecule has 3 nitrogen and oxygen atoms in total. The van der Waals surface area contributed by atoms with Crippen molar-refractivity contribution in [3.8, 4) is 0 Å². The summed E-state index contributed by atoms with van der Waals surface area (Å²) >= 11 is 0. The van der Waals surface area contributed by atoms with Crippen molar-refractivity contribution in [2.45, 2.75) is 19.8 Å². The highest BCUT2D eigenvalue weighted by molar-refractivity contribution is 5.90. The van der Waals surface area contributed by atoms with Crippen LogP contribution in [0, 0.1) is 0 Å². The Morgan fingerprint density at radius 2 is 2.00 bits per heavy atom. The molecule has 80 valence electrons. The first-order valence-corrected chi connectivity index (χ1v) is 4.93. The van der Waals surface area contributed by atoms with E-state index < -0.39 is 5.97 Å². The predicted octanol–water partition coefficient (Wildman–Crippen LogP) is 2.02. The van der Waals surface area contributed by atoms with Crippen molar-refractivity contribution in [2.75, 3.05) is 0 Å². The lowest BCUT2D eigenvalue weighted by Gasteiger charge is -1.99. The Hall–Kier alpha value is -1.77. The lowest BCUT2D eigenvalue weighted by Crippen LogP contribution is -2.09. The number of hydrogen-bond acceptors (Lipinski definition) is 2. The first-order valence-electron chi connectivity index (χ1n) is 4.93. The molecular weight excluding hydrogens is 190 g/mol. The highest BCUT2D eigenvalue weighted by Gasteiger charge is 2.00. The number of carboxylic acid groups (broad SMARTS) is 1. The summed E-state index contributed by atoms with van der Waals surface area (Å²) in [5.74, 6) is -1.09. The van der Waals surface area contributed by atoms with Gasteiger partial charge in [0.15, 0.2) is 0 Å². The number of aryl methyl sites for hydroxylation is 1. The second-order valence-electron chi connectivity index (χ2n) is 3.40. The van der Waals surface area contributed by atoms with Gasteiger partial charge in [-0.1, -0.05) is 37.6 Å². The molecule has 0 aliphatic rings. The van der Waals surface area contributed by atoms with Crippen molar-refractivity contribution in [1.29, 1.82) is 0 Å². The van der Waals surface area contributed by atoms with Gasteiger partial charge in [-0.3, -0.25) is 0 Å². The van der Waals surface area contributed by atoms with Crippen LogP contribution in [0.5, 0.6) is 0 Å². The Balaban J connectivity index is 2.80. The van der Waals surface area contributed by atoms with Crippen LogP contribution in [0.2, 0.25) is 0 Å². The molecule has 3 heteroatoms. The van der Waals surface area contributed by atoms with E-state index in [9.17, 15) is 4.79 Å². The summed E-state index contributed by atoms with van der Waals surface area (Å²) in [6, 6.07) is 7.73. The van der Waals surface area contributed by atoms with E-state index in [0.29, 0.717) is 0 Å². The molecule has 0 radical (unpaired) electrons. The molecule has 0 aromatic heterocycles. The second-order valence-corrected chi connectivity index (χ2v) is 3.40. The minimum atomic E-state index is -1.09. The van der Waals surface area contributed by atoms with E-state index >= 15 is 0 Å². The van der Waals surface area contributed by atoms with E-state index in [1.54, 1.807) is 0 Å². The maximum atomic E-state index is 10.5. The lowest BCUT2D eigenvalue weighted by atomic mass is 10.1. The first-order chi connectivity index (χ1) is 7.13. The number of carbonyl (C=O) groups is 1. The topological polar surface area (TPSA) is 63.3 Å². The van der Waals surface area contributed by atoms with Gasteiger partial charge in [-0.05, 0) is 23.6 Å². The third-order valence-electron chi connectivity index (χ3n) is 2.09. The molecule has 15 heavy (non-hydrogen) atoms. The zero-order chi connectivity index (χ0) is 11.3. The van der Waals surface area contributed by atoms with Crippen molar-refractivity contribution < 1.29 is 9.90 Å². The van der Waals surface area contributed by atoms with E-state index in [4.69, 9.17) is 10.8 Å². The third kappa shape index (κ3) is 3.46. The van der Waals surface area contributed by atoms with Crippen molar-refractivity contribution in [3.05, 3.63) is 41.1 Å². The Labute approximate surface area is 89.2 Å². The van der Waals surface area contributed by atoms with Gasteiger partial charge in [0.2, 0.25) is 0 Å². The van der Waals surface area contributed by atoms with Crippen molar-refractivity contribution >= 4 is 12.0 Å². The molecule has 1 rings (SSSR count). The molecule has 0 aliphatic heterocycles. The van der Waals surface area contributed by atoms with Gasteiger partial charge in [0.05, 0.1) is 0 Å². The number of rotatable bonds is 4. The van der Waals surface area contributed by atoms with Gasteiger partial charge in [-0.15, -0.1) is 0 Å². The molecule has 0 unspecified atom stereocenters. The van der Waals surface area contributed by atoms with Crippen molar-refractivity contribution in [2.24, 2.45) is 5.73 Å². The molecule has 0 spiro atoms. The van der Waals surface area contributed by atoms with Gasteiger partial charge in [-0.25, -0.2) is 4.79 Å². The monoisotopic (exact) mass is 205 g/mol. The Morgan fingerprint density at radius 3 is 2.47 bits per heavy atom. The van der Waals surface area contributed by atoms with Gasteiger partial charge in [-0.2, -0.15) is 0 Å². The average Bonchev–Trinajstić information content (AvgIpc) is 2.21. The van der Waals surface area contributed by atoms with Gasteiger partial charge in [0.25, 0.3) is 0 Å². The molecule has 3 N–H and O–H groups in total. The van der Waals surface area contributed by atoms with Gasteiger partial charge in [0, 0.05) is 0 Å². The molecule has 0 amide bonds. The first kappa shape index (κ1) is 11.3. The van der Waals surface area contributed by atoms with Gasteiger partial charge in [0.1, 0.15) is 5.70 Å². The van der Waals surface area contributed by atoms with Crippen LogP contribution in [0.3, 0.4) is 0 Å². The summed E-state index contributed by atoms with van der Waals surface area (Å²) < 4.78 is 0. The molecular formula is C12H15NO2. The fraction of sp³-hybridized carbons (Fsp3) is 0.250. The van der Waals surface area contributed by atoms with E-state index in [1.807, 2.05) is 24.3 Å². The summed E-state index contributed by atoms with van der Waals surface area (Å²) in [6.45, 7) is 2.12. The molecule has 0 saturated carbocycles. The Morgan fingerprint density at radius 1 is 1.40 bits per heavy atom. The summed E-state index contributed by atoms with van der Waals surface area (Å²) in [6.07, 6.45) is 3.60. The summed E-state index contributed by atoms with van der Waals surface area (Å²) in [7, 11) is 0. The van der Waals surface area contributed by atoms with Crippen LogP contribution >= 0.6 is 0 Å². The SMILES string of the molecule is CCCc1ccc(/C=C(/N)C(=O)O)cc1. The van der Waals surface area contributed by atoms with Crippen LogP contribution in [0.15, 0.2) is 30.0 Å². The van der Waals surface area contributed by atoms with Gasteiger partial charge < -0.3 is 10.8 Å². The minimum Gasteiger partial charge on any atom is -0.477 e. The third-order valence-corrected chi connectivity index (χ3v) is 2.09. The van der Waals surface area contributed by atoms with E-state index in [1.165, 1.54) is 11.6 Å². The quantitative estimate of drug-likeness (QED) is 0.739. The van der Waals surface area contributed by atoms with Crippen molar-refractivity contribution in [1.82, 2.24) is 0 Å². The molecule has 0 aliphatic carbocycles. The normalized spacial score (nSPS) is 11.4. The summed E-state index contributed by atoms with van der Waals surface area (Å²) in [4.78, 5) is 10.5. The molecule has 1 aromatic rings. The van der Waals surface area contributed by atoms with Crippen molar-refractivity contribution in [3.63, 3.8) is 0 Å². The maximum absolute atomic E-state index is 10.5. The largest absolute Gasteiger partial charge is 0.477 e. The Kier molecular flexibility index (Phi) is 3.92. The highest BCUT2D eigenvalue weighted by Crippen LogP contribution is 2.09. The maximum Gasteiger partial charge on any atom is 0.351 e. The smallest absolute Gasteiger partial charge is 0.351 e. The second kappa shape index (κ2) is 5.20. The standard InChI is InChI=1S/C12H15NO2/c1-2-3-9-4-6-10(7-5-9)8-11(13)12(14)15/h4-8H,2-3,13H2,1H3,(H,14,15)/b11-8+. The van der Waals surface area contributed by atoms with E-state index in [2.05, 4.69) is 6.92 Å². The fourth-order valence-electron chi connectivity index (χ4n) is 1.31. The van der Waals surface area contributed by atoms with Crippen LogP contribution in [0.1, 0.15) is 24.5 Å². The average molecular weight is 205 g/mol. The van der Waals surface area contributed by atoms with E-state index in [-0.39, 0.29) is 5.70 Å². The fourth-order valence-corrected chi connectivity index (χ4v) is 1.31. The highest BCUT2D eigenvalue weighted by atomic mass is 16.4. The number of nitrogens with two attached hydrogens (primary N) is 1. The zero-order valence-corrected chi connectivity index (χ0v) is 8.73. The van der Waals surface area contributed by atoms with Crippen LogP contribution in [0.4, 0.5) is 0 Å². The molecule has 0 bridgehead atoms. The zero-order valence-electron chi connectivity index (χ0n) is 8.73. The van der Waals surface area contributed by atoms with Crippen LogP contribution in [-0.2, 0) is 11.2 Å². The lowest BCUT2D eigenvalue weighted by molar-refractivity contribution is -0.132. The van der Waals surface area contributed by atoms with E-state index in [0.717, 1.165) is 18.4 Å². The van der Waals surface area contributed by atoms with Crippen LogP contribution in [0.25, 0.3) is 6.08 Å². The molecule has 1 aromatic carbocycles. The van der Waals surface area contributed by atoms with Gasteiger partial charge >= 0.3 is 5.97 Å². The summed E-state index contributed by atoms with van der Waals surface area (Å²) in [5.41, 5.74) is 7.23.